The third-order valence-electron chi connectivity index (χ3n) is 4.98. The van der Waals surface area contributed by atoms with Crippen molar-refractivity contribution >= 4 is 21.4 Å². The molecule has 0 spiro atoms. The first-order valence-electron chi connectivity index (χ1n) is 9.02. The highest BCUT2D eigenvalue weighted by molar-refractivity contribution is 7.90. The Morgan fingerprint density at radius 2 is 1.81 bits per heavy atom. The summed E-state index contributed by atoms with van der Waals surface area (Å²) in [6, 6.07) is 6.86. The molecule has 0 unspecified atom stereocenters. The van der Waals surface area contributed by atoms with E-state index in [2.05, 4.69) is 6.08 Å². The van der Waals surface area contributed by atoms with Crippen LogP contribution in [0.15, 0.2) is 41.4 Å². The normalized spacial score (nSPS) is 15.0. The lowest BCUT2D eigenvalue weighted by Crippen LogP contribution is -2.14. The Morgan fingerprint density at radius 3 is 2.38 bits per heavy atom. The minimum absolute atomic E-state index is 0.0382. The molecule has 26 heavy (non-hydrogen) atoms. The summed E-state index contributed by atoms with van der Waals surface area (Å²) < 4.78 is 27.7. The number of benzene rings is 1. The van der Waals surface area contributed by atoms with Crippen molar-refractivity contribution in [3.63, 3.8) is 0 Å². The molecule has 0 aliphatic heterocycles. The van der Waals surface area contributed by atoms with Crippen LogP contribution in [0, 0.1) is 13.8 Å². The van der Waals surface area contributed by atoms with Gasteiger partial charge in [-0.15, -0.1) is 0 Å². The highest BCUT2D eigenvalue weighted by Gasteiger charge is 2.25. The minimum Gasteiger partial charge on any atom is -0.300 e. The lowest BCUT2D eigenvalue weighted by Gasteiger charge is -2.13. The number of carbonyl (C=O) groups excluding carboxylic acids is 1. The second kappa shape index (κ2) is 7.23. The van der Waals surface area contributed by atoms with Gasteiger partial charge in [-0.3, -0.25) is 4.79 Å². The molecule has 0 bridgehead atoms. The van der Waals surface area contributed by atoms with Crippen LogP contribution in [-0.4, -0.2) is 18.2 Å². The molecule has 0 saturated carbocycles. The molecule has 1 aliphatic carbocycles. The Kier molecular flexibility index (Phi) is 5.19. The first-order valence-corrected chi connectivity index (χ1v) is 10.5. The van der Waals surface area contributed by atoms with Crippen LogP contribution in [0.5, 0.6) is 0 Å². The molecule has 5 heteroatoms. The number of hydrogen-bond acceptors (Lipinski definition) is 3. The van der Waals surface area contributed by atoms with Gasteiger partial charge in [0.1, 0.15) is 5.78 Å². The Hall–Kier alpha value is -2.14. The van der Waals surface area contributed by atoms with Crippen LogP contribution >= 0.6 is 0 Å². The summed E-state index contributed by atoms with van der Waals surface area (Å²) in [6.45, 7) is 5.26. The van der Waals surface area contributed by atoms with Crippen molar-refractivity contribution in [3.05, 3.63) is 58.9 Å². The summed E-state index contributed by atoms with van der Waals surface area (Å²) in [4.78, 5) is 12.1. The topological polar surface area (TPSA) is 56.1 Å². The van der Waals surface area contributed by atoms with Gasteiger partial charge in [-0.25, -0.2) is 12.4 Å². The summed E-state index contributed by atoms with van der Waals surface area (Å²) in [5.41, 5.74) is 4.55. The van der Waals surface area contributed by atoms with E-state index < -0.39 is 10.0 Å². The monoisotopic (exact) mass is 371 g/mol. The van der Waals surface area contributed by atoms with Crippen LogP contribution in [0.3, 0.4) is 0 Å². The van der Waals surface area contributed by atoms with Crippen molar-refractivity contribution in [1.29, 1.82) is 0 Å². The molecular formula is C21H25NO3S. The first-order chi connectivity index (χ1) is 12.3. The number of ketones is 1. The third-order valence-corrected chi connectivity index (χ3v) is 6.74. The molecule has 0 radical (unpaired) electrons. The summed E-state index contributed by atoms with van der Waals surface area (Å²) in [7, 11) is -3.68. The molecule has 0 amide bonds. The molecule has 0 saturated heterocycles. The van der Waals surface area contributed by atoms with Gasteiger partial charge >= 0.3 is 0 Å². The number of aromatic nitrogens is 1. The van der Waals surface area contributed by atoms with Crippen LogP contribution < -0.4 is 0 Å². The Bertz CT molecular complexity index is 963. The lowest BCUT2D eigenvalue weighted by molar-refractivity contribution is -0.116. The zero-order valence-corrected chi connectivity index (χ0v) is 16.4. The molecule has 0 N–H and O–H groups in total. The molecule has 1 aromatic heterocycles. The maximum absolute atomic E-state index is 13.2. The Labute approximate surface area is 155 Å². The van der Waals surface area contributed by atoms with Crippen molar-refractivity contribution < 1.29 is 13.2 Å². The number of rotatable bonds is 5. The van der Waals surface area contributed by atoms with Gasteiger partial charge < -0.3 is 0 Å². The SMILES string of the molecule is CC(=O)Cc1c(C2=CCCCC2)cn(S(=O)(=O)c2ccc(C)cc2)c1C. The van der Waals surface area contributed by atoms with E-state index in [1.165, 1.54) is 3.97 Å². The van der Waals surface area contributed by atoms with Crippen LogP contribution in [0.1, 0.15) is 55.0 Å². The second-order valence-electron chi connectivity index (χ2n) is 7.07. The minimum atomic E-state index is -3.68. The molecular weight excluding hydrogens is 346 g/mol. The van der Waals surface area contributed by atoms with E-state index >= 15 is 0 Å². The van der Waals surface area contributed by atoms with Crippen molar-refractivity contribution in [2.24, 2.45) is 0 Å². The molecule has 2 aromatic rings. The van der Waals surface area contributed by atoms with Gasteiger partial charge in [-0.05, 0) is 69.7 Å². The molecule has 0 fully saturated rings. The van der Waals surface area contributed by atoms with Crippen molar-refractivity contribution in [2.75, 3.05) is 0 Å². The fraction of sp³-hybridized carbons (Fsp3) is 0.381. The van der Waals surface area contributed by atoms with Crippen molar-refractivity contribution in [3.8, 4) is 0 Å². The van der Waals surface area contributed by atoms with E-state index in [1.54, 1.807) is 44.3 Å². The van der Waals surface area contributed by atoms with E-state index in [0.29, 0.717) is 5.69 Å². The van der Waals surface area contributed by atoms with Gasteiger partial charge in [-0.2, -0.15) is 0 Å². The van der Waals surface area contributed by atoms with Crippen LogP contribution in [0.25, 0.3) is 5.57 Å². The van der Waals surface area contributed by atoms with E-state index in [0.717, 1.165) is 47.9 Å². The van der Waals surface area contributed by atoms with E-state index in [9.17, 15) is 13.2 Å². The zero-order valence-electron chi connectivity index (χ0n) is 15.6. The summed E-state index contributed by atoms with van der Waals surface area (Å²) in [5, 5.41) is 0. The van der Waals surface area contributed by atoms with Gasteiger partial charge in [-0.1, -0.05) is 23.8 Å². The predicted octanol–water partition coefficient (Wildman–Crippen LogP) is 4.43. The van der Waals surface area contributed by atoms with Gasteiger partial charge in [0.2, 0.25) is 0 Å². The first kappa shape index (κ1) is 18.6. The standard InChI is InChI=1S/C21H25NO3S/c1-15-9-11-19(12-10-15)26(24,25)22-14-21(18-7-5-4-6-8-18)20(17(22)3)13-16(2)23/h7,9-12,14H,4-6,8,13H2,1-3H3. The maximum Gasteiger partial charge on any atom is 0.267 e. The second-order valence-corrected chi connectivity index (χ2v) is 8.89. The van der Waals surface area contributed by atoms with Crippen molar-refractivity contribution in [1.82, 2.24) is 3.97 Å². The zero-order chi connectivity index (χ0) is 18.9. The smallest absolute Gasteiger partial charge is 0.267 e. The van der Waals surface area contributed by atoms with Crippen LogP contribution in [-0.2, 0) is 21.2 Å². The molecule has 4 nitrogen and oxygen atoms in total. The molecule has 0 atom stereocenters. The summed E-state index contributed by atoms with van der Waals surface area (Å²) >= 11 is 0. The van der Waals surface area contributed by atoms with Crippen LogP contribution in [0.2, 0.25) is 0 Å². The number of allylic oxidation sites excluding steroid dienone is 2. The largest absolute Gasteiger partial charge is 0.300 e. The number of carbonyl (C=O) groups is 1. The van der Waals surface area contributed by atoms with E-state index in [-0.39, 0.29) is 17.1 Å². The van der Waals surface area contributed by atoms with Crippen LogP contribution in [0.4, 0.5) is 0 Å². The van der Waals surface area contributed by atoms with Gasteiger partial charge in [0.05, 0.1) is 4.90 Å². The quantitative estimate of drug-likeness (QED) is 0.781. The summed E-state index contributed by atoms with van der Waals surface area (Å²) in [5.74, 6) is 0.0382. The van der Waals surface area contributed by atoms with Gasteiger partial charge in [0.15, 0.2) is 0 Å². The summed E-state index contributed by atoms with van der Waals surface area (Å²) in [6.07, 6.45) is 8.34. The molecule has 1 aromatic carbocycles. The molecule has 1 aliphatic rings. The fourth-order valence-electron chi connectivity index (χ4n) is 3.52. The van der Waals surface area contributed by atoms with Gasteiger partial charge in [0.25, 0.3) is 10.0 Å². The van der Waals surface area contributed by atoms with Crippen molar-refractivity contribution in [2.45, 2.75) is 57.8 Å². The highest BCUT2D eigenvalue weighted by atomic mass is 32.2. The lowest BCUT2D eigenvalue weighted by atomic mass is 9.91. The average Bonchev–Trinajstić information content (AvgIpc) is 2.93. The Balaban J connectivity index is 2.15. The van der Waals surface area contributed by atoms with E-state index in [4.69, 9.17) is 0 Å². The number of Topliss-reactive ketones (excluding diaryl/α,β-unsaturated/α-hetero) is 1. The maximum atomic E-state index is 13.2. The average molecular weight is 372 g/mol. The van der Waals surface area contributed by atoms with E-state index in [1.807, 2.05) is 6.92 Å². The third kappa shape index (κ3) is 3.54. The molecule has 138 valence electrons. The molecule has 1 heterocycles. The Morgan fingerprint density at radius 1 is 1.12 bits per heavy atom. The number of hydrogen-bond donors (Lipinski definition) is 0. The number of aryl methyl sites for hydroxylation is 1. The molecule has 3 rings (SSSR count). The number of nitrogens with zero attached hydrogens (tertiary/aromatic N) is 1. The highest BCUT2D eigenvalue weighted by Crippen LogP contribution is 2.33. The van der Waals surface area contributed by atoms with Gasteiger partial charge in [0, 0.05) is 23.9 Å². The predicted molar refractivity (Wildman–Crippen MR) is 104 cm³/mol. The fourth-order valence-corrected chi connectivity index (χ4v) is 4.95.